The van der Waals surface area contributed by atoms with Crippen LogP contribution in [0.1, 0.15) is 34.9 Å². The van der Waals surface area contributed by atoms with Gasteiger partial charge in [0.2, 0.25) is 0 Å². The Balaban J connectivity index is 1.31. The van der Waals surface area contributed by atoms with E-state index < -0.39 is 0 Å². The third-order valence-corrected chi connectivity index (χ3v) is 5.42. The molecule has 1 fully saturated rings. The number of amides is 1. The summed E-state index contributed by atoms with van der Waals surface area (Å²) in [5, 5.41) is 6.64. The molecule has 0 saturated carbocycles. The van der Waals surface area contributed by atoms with Crippen LogP contribution in [-0.4, -0.2) is 18.2 Å². The zero-order chi connectivity index (χ0) is 18.2. The normalized spacial score (nSPS) is 21.3. The largest absolute Gasteiger partial charge is 0.463 e. The number of hydrazine groups is 1. The first-order chi connectivity index (χ1) is 13.3. The number of carbonyl (C=O) groups is 1. The van der Waals surface area contributed by atoms with Crippen molar-refractivity contribution in [2.75, 3.05) is 0 Å². The van der Waals surface area contributed by atoms with Gasteiger partial charge in [0.25, 0.3) is 5.91 Å². The summed E-state index contributed by atoms with van der Waals surface area (Å²) in [5.74, 6) is 0.428. The third kappa shape index (κ3) is 2.93. The van der Waals surface area contributed by atoms with Gasteiger partial charge in [-0.05, 0) is 58.9 Å². The molecule has 6 nitrogen and oxygen atoms in total. The lowest BCUT2D eigenvalue weighted by Crippen LogP contribution is -2.41. The average molecular weight is 360 g/mol. The van der Waals surface area contributed by atoms with Gasteiger partial charge in [0.15, 0.2) is 0 Å². The van der Waals surface area contributed by atoms with Crippen LogP contribution in [0.15, 0.2) is 58.2 Å². The van der Waals surface area contributed by atoms with Crippen molar-refractivity contribution in [2.45, 2.75) is 31.3 Å². The van der Waals surface area contributed by atoms with Gasteiger partial charge in [-0.25, -0.2) is 16.3 Å². The second-order valence-electron chi connectivity index (χ2n) is 7.03. The fourth-order valence-corrected chi connectivity index (χ4v) is 4.11. The first kappa shape index (κ1) is 16.2. The van der Waals surface area contributed by atoms with Gasteiger partial charge in [-0.2, -0.15) is 5.10 Å². The monoisotopic (exact) mass is 360 g/mol. The summed E-state index contributed by atoms with van der Waals surface area (Å²) in [7, 11) is 0. The van der Waals surface area contributed by atoms with E-state index in [9.17, 15) is 4.79 Å². The van der Waals surface area contributed by atoms with E-state index >= 15 is 0 Å². The van der Waals surface area contributed by atoms with Gasteiger partial charge in [-0.3, -0.25) is 4.79 Å². The van der Waals surface area contributed by atoms with Crippen LogP contribution in [-0.2, 0) is 17.6 Å². The standard InChI is InChI=1S/C21H20N4O2/c26-21(25-22-12-15-4-2-10-27-15)19-11-18(23-24-19)16-9-8-14-7-6-13-3-1-5-17(16)20(13)14/h1-5,8-10,12,18-19,23-24H,6-7,11H2,(H,25,26)/b22-12+. The Morgan fingerprint density at radius 1 is 1.11 bits per heavy atom. The number of hydrogen-bond acceptors (Lipinski definition) is 5. The molecule has 1 aromatic heterocycles. The summed E-state index contributed by atoms with van der Waals surface area (Å²) in [5.41, 5.74) is 13.0. The van der Waals surface area contributed by atoms with Crippen LogP contribution in [0.3, 0.4) is 0 Å². The average Bonchev–Trinajstić information content (AvgIpc) is 3.44. The fourth-order valence-electron chi connectivity index (χ4n) is 4.11. The minimum Gasteiger partial charge on any atom is -0.463 e. The molecule has 0 radical (unpaired) electrons. The van der Waals surface area contributed by atoms with Crippen molar-refractivity contribution in [2.24, 2.45) is 5.10 Å². The van der Waals surface area contributed by atoms with E-state index in [1.54, 1.807) is 18.4 Å². The van der Waals surface area contributed by atoms with E-state index in [1.165, 1.54) is 33.7 Å². The zero-order valence-electron chi connectivity index (χ0n) is 14.7. The second-order valence-corrected chi connectivity index (χ2v) is 7.03. The van der Waals surface area contributed by atoms with Crippen molar-refractivity contribution in [3.63, 3.8) is 0 Å². The van der Waals surface area contributed by atoms with E-state index in [0.29, 0.717) is 12.2 Å². The number of carbonyl (C=O) groups excluding carboxylic acids is 1. The summed E-state index contributed by atoms with van der Waals surface area (Å²) in [6, 6.07) is 14.3. The van der Waals surface area contributed by atoms with E-state index in [4.69, 9.17) is 4.42 Å². The molecule has 2 atom stereocenters. The highest BCUT2D eigenvalue weighted by Gasteiger charge is 2.31. The van der Waals surface area contributed by atoms with Crippen LogP contribution in [0, 0.1) is 0 Å². The van der Waals surface area contributed by atoms with E-state index in [-0.39, 0.29) is 18.0 Å². The molecule has 6 heteroatoms. The van der Waals surface area contributed by atoms with Crippen LogP contribution in [0.4, 0.5) is 0 Å². The van der Waals surface area contributed by atoms with Crippen molar-refractivity contribution >= 4 is 22.9 Å². The predicted octanol–water partition coefficient (Wildman–Crippen LogP) is 2.59. The highest BCUT2D eigenvalue weighted by Crippen LogP contribution is 2.36. The Labute approximate surface area is 156 Å². The van der Waals surface area contributed by atoms with E-state index in [2.05, 4.69) is 51.7 Å². The zero-order valence-corrected chi connectivity index (χ0v) is 14.7. The molecule has 3 N–H and O–H groups in total. The molecule has 0 spiro atoms. The summed E-state index contributed by atoms with van der Waals surface area (Å²) in [6.45, 7) is 0. The summed E-state index contributed by atoms with van der Waals surface area (Å²) in [4.78, 5) is 12.4. The number of rotatable bonds is 4. The molecule has 27 heavy (non-hydrogen) atoms. The molecule has 2 aliphatic rings. The molecule has 2 unspecified atom stereocenters. The topological polar surface area (TPSA) is 78.7 Å². The minimum atomic E-state index is -0.341. The van der Waals surface area contributed by atoms with Crippen LogP contribution in [0.5, 0.6) is 0 Å². The molecule has 2 aromatic carbocycles. The first-order valence-electron chi connectivity index (χ1n) is 9.20. The molecule has 136 valence electrons. The number of hydrogen-bond donors (Lipinski definition) is 3. The van der Waals surface area contributed by atoms with Crippen molar-refractivity contribution < 1.29 is 9.21 Å². The van der Waals surface area contributed by atoms with E-state index in [1.807, 2.05) is 0 Å². The molecule has 1 saturated heterocycles. The number of aryl methyl sites for hydroxylation is 2. The summed E-state index contributed by atoms with van der Waals surface area (Å²) in [6.07, 6.45) is 5.95. The smallest absolute Gasteiger partial charge is 0.258 e. The Hall–Kier alpha value is -2.96. The van der Waals surface area contributed by atoms with Crippen molar-refractivity contribution in [3.8, 4) is 0 Å². The lowest BCUT2D eigenvalue weighted by molar-refractivity contribution is -0.122. The van der Waals surface area contributed by atoms with Crippen LogP contribution < -0.4 is 16.3 Å². The maximum Gasteiger partial charge on any atom is 0.258 e. The van der Waals surface area contributed by atoms with Gasteiger partial charge in [-0.1, -0.05) is 30.3 Å². The Morgan fingerprint density at radius 3 is 2.85 bits per heavy atom. The van der Waals surface area contributed by atoms with Crippen LogP contribution in [0.2, 0.25) is 0 Å². The highest BCUT2D eigenvalue weighted by atomic mass is 16.3. The molecule has 1 aliphatic heterocycles. The molecule has 0 bridgehead atoms. The van der Waals surface area contributed by atoms with Crippen LogP contribution >= 0.6 is 0 Å². The molecule has 1 amide bonds. The lowest BCUT2D eigenvalue weighted by atomic mass is 9.93. The van der Waals surface area contributed by atoms with Gasteiger partial charge < -0.3 is 4.42 Å². The molecule has 5 rings (SSSR count). The lowest BCUT2D eigenvalue weighted by Gasteiger charge is -2.14. The fraction of sp³-hybridized carbons (Fsp3) is 0.238. The molecule has 2 heterocycles. The van der Waals surface area contributed by atoms with Gasteiger partial charge in [0.1, 0.15) is 11.8 Å². The Morgan fingerprint density at radius 2 is 2.00 bits per heavy atom. The quantitative estimate of drug-likeness (QED) is 0.494. The van der Waals surface area contributed by atoms with E-state index in [0.717, 1.165) is 12.8 Å². The minimum absolute atomic E-state index is 0.0831. The molecular formula is C21H20N4O2. The van der Waals surface area contributed by atoms with Gasteiger partial charge in [-0.15, -0.1) is 0 Å². The Bertz CT molecular complexity index is 1020. The predicted molar refractivity (Wildman–Crippen MR) is 103 cm³/mol. The van der Waals surface area contributed by atoms with Gasteiger partial charge >= 0.3 is 0 Å². The van der Waals surface area contributed by atoms with Crippen molar-refractivity contribution in [1.29, 1.82) is 0 Å². The van der Waals surface area contributed by atoms with Gasteiger partial charge in [0, 0.05) is 6.04 Å². The van der Waals surface area contributed by atoms with Gasteiger partial charge in [0.05, 0.1) is 12.5 Å². The number of nitrogens with one attached hydrogen (secondary N) is 3. The number of hydrazone groups is 1. The second kappa shape index (κ2) is 6.64. The van der Waals surface area contributed by atoms with Crippen molar-refractivity contribution in [1.82, 2.24) is 16.3 Å². The molecule has 1 aliphatic carbocycles. The number of nitrogens with zero attached hydrogens (tertiary/aromatic N) is 1. The van der Waals surface area contributed by atoms with Crippen LogP contribution in [0.25, 0.3) is 10.8 Å². The first-order valence-corrected chi connectivity index (χ1v) is 9.20. The summed E-state index contributed by atoms with van der Waals surface area (Å²) >= 11 is 0. The maximum absolute atomic E-state index is 12.4. The maximum atomic E-state index is 12.4. The molecule has 3 aromatic rings. The SMILES string of the molecule is O=C(N/N=C/c1ccco1)C1CC(c2ccc3c4c(cccc24)CC3)NN1. The number of furan rings is 1. The summed E-state index contributed by atoms with van der Waals surface area (Å²) < 4.78 is 5.15. The Kier molecular flexibility index (Phi) is 3.99. The van der Waals surface area contributed by atoms with Crippen molar-refractivity contribution in [3.05, 3.63) is 71.2 Å². The third-order valence-electron chi connectivity index (χ3n) is 5.42. The highest BCUT2D eigenvalue weighted by molar-refractivity contribution is 5.93. The molecular weight excluding hydrogens is 340 g/mol. The number of benzene rings is 2.